The number of aliphatic hydroxyl groups excluding tert-OH is 1. The molecule has 0 aromatic heterocycles. The Morgan fingerprint density at radius 1 is 1.47 bits per heavy atom. The first-order chi connectivity index (χ1) is 8.95. The lowest BCUT2D eigenvalue weighted by molar-refractivity contribution is 0.169. The van der Waals surface area contributed by atoms with E-state index in [1.165, 1.54) is 5.56 Å². The SMILES string of the molecule is CN(C)CC1CC(O)CN1Cc1ccc(N)cc1Br. The number of nitrogens with two attached hydrogens (primary N) is 1. The number of hydrogen-bond acceptors (Lipinski definition) is 4. The van der Waals surface area contributed by atoms with Gasteiger partial charge >= 0.3 is 0 Å². The lowest BCUT2D eigenvalue weighted by Gasteiger charge is -2.27. The van der Waals surface area contributed by atoms with E-state index >= 15 is 0 Å². The number of halogens is 1. The van der Waals surface area contributed by atoms with Crippen molar-refractivity contribution in [3.05, 3.63) is 28.2 Å². The number of likely N-dealkylation sites (N-methyl/N-ethyl adjacent to an activating group) is 1. The van der Waals surface area contributed by atoms with E-state index in [-0.39, 0.29) is 6.10 Å². The molecule has 2 rings (SSSR count). The van der Waals surface area contributed by atoms with Crippen LogP contribution in [0.25, 0.3) is 0 Å². The van der Waals surface area contributed by atoms with Crippen molar-refractivity contribution >= 4 is 21.6 Å². The van der Waals surface area contributed by atoms with E-state index < -0.39 is 0 Å². The third kappa shape index (κ3) is 3.92. The summed E-state index contributed by atoms with van der Waals surface area (Å²) in [5.74, 6) is 0. The minimum atomic E-state index is -0.211. The third-order valence-electron chi connectivity index (χ3n) is 3.53. The molecular formula is C14H22BrN3O. The molecule has 19 heavy (non-hydrogen) atoms. The molecule has 1 aromatic rings. The largest absolute Gasteiger partial charge is 0.399 e. The van der Waals surface area contributed by atoms with E-state index in [0.717, 1.165) is 36.2 Å². The number of rotatable bonds is 4. The molecule has 3 N–H and O–H groups in total. The zero-order valence-corrected chi connectivity index (χ0v) is 13.1. The van der Waals surface area contributed by atoms with Crippen LogP contribution in [-0.2, 0) is 6.54 Å². The van der Waals surface area contributed by atoms with Crippen LogP contribution >= 0.6 is 15.9 Å². The van der Waals surface area contributed by atoms with Gasteiger partial charge in [0.2, 0.25) is 0 Å². The van der Waals surface area contributed by atoms with Crippen LogP contribution in [0.1, 0.15) is 12.0 Å². The van der Waals surface area contributed by atoms with Gasteiger partial charge in [-0.1, -0.05) is 22.0 Å². The lowest BCUT2D eigenvalue weighted by Crippen LogP contribution is -2.37. The fourth-order valence-corrected chi connectivity index (χ4v) is 3.20. The molecule has 1 saturated heterocycles. The fraction of sp³-hybridized carbons (Fsp3) is 0.571. The summed E-state index contributed by atoms with van der Waals surface area (Å²) in [5, 5.41) is 9.88. The van der Waals surface area contributed by atoms with Crippen molar-refractivity contribution in [1.82, 2.24) is 9.80 Å². The number of nitrogen functional groups attached to an aromatic ring is 1. The molecule has 1 fully saturated rings. The maximum Gasteiger partial charge on any atom is 0.0682 e. The number of benzene rings is 1. The van der Waals surface area contributed by atoms with E-state index in [2.05, 4.69) is 45.9 Å². The van der Waals surface area contributed by atoms with Crippen LogP contribution in [0.3, 0.4) is 0 Å². The minimum Gasteiger partial charge on any atom is -0.399 e. The summed E-state index contributed by atoms with van der Waals surface area (Å²) in [7, 11) is 4.14. The van der Waals surface area contributed by atoms with Crippen LogP contribution in [0.4, 0.5) is 5.69 Å². The number of likely N-dealkylation sites (tertiary alicyclic amines) is 1. The van der Waals surface area contributed by atoms with Gasteiger partial charge in [-0.15, -0.1) is 0 Å². The van der Waals surface area contributed by atoms with Crippen molar-refractivity contribution in [2.75, 3.05) is 32.9 Å². The number of anilines is 1. The zero-order valence-electron chi connectivity index (χ0n) is 11.5. The normalized spacial score (nSPS) is 24.3. The first kappa shape index (κ1) is 14.8. The summed E-state index contributed by atoms with van der Waals surface area (Å²) in [5.41, 5.74) is 7.74. The molecule has 1 aliphatic heterocycles. The van der Waals surface area contributed by atoms with Crippen molar-refractivity contribution < 1.29 is 5.11 Å². The van der Waals surface area contributed by atoms with Gasteiger partial charge in [0, 0.05) is 35.8 Å². The highest BCUT2D eigenvalue weighted by Crippen LogP contribution is 2.26. The van der Waals surface area contributed by atoms with Gasteiger partial charge in [-0.25, -0.2) is 0 Å². The molecular weight excluding hydrogens is 306 g/mol. The number of hydrogen-bond donors (Lipinski definition) is 2. The van der Waals surface area contributed by atoms with Crippen LogP contribution in [0.2, 0.25) is 0 Å². The molecule has 0 saturated carbocycles. The van der Waals surface area contributed by atoms with E-state index in [1.807, 2.05) is 12.1 Å². The number of aliphatic hydroxyl groups is 1. The highest BCUT2D eigenvalue weighted by molar-refractivity contribution is 9.10. The second-order valence-corrected chi connectivity index (χ2v) is 6.44. The highest BCUT2D eigenvalue weighted by atomic mass is 79.9. The molecule has 2 unspecified atom stereocenters. The molecule has 1 aromatic carbocycles. The van der Waals surface area contributed by atoms with Crippen molar-refractivity contribution in [3.8, 4) is 0 Å². The average Bonchev–Trinajstić information content (AvgIpc) is 2.62. The van der Waals surface area contributed by atoms with Gasteiger partial charge in [-0.05, 0) is 38.2 Å². The summed E-state index contributed by atoms with van der Waals surface area (Å²) in [6, 6.07) is 6.32. The third-order valence-corrected chi connectivity index (χ3v) is 4.27. The zero-order chi connectivity index (χ0) is 14.0. The Labute approximate surface area is 123 Å². The summed E-state index contributed by atoms with van der Waals surface area (Å²) >= 11 is 3.56. The Bertz CT molecular complexity index is 439. The van der Waals surface area contributed by atoms with Crippen molar-refractivity contribution in [2.24, 2.45) is 0 Å². The van der Waals surface area contributed by atoms with E-state index in [4.69, 9.17) is 5.73 Å². The van der Waals surface area contributed by atoms with Crippen molar-refractivity contribution in [3.63, 3.8) is 0 Å². The molecule has 0 radical (unpaired) electrons. The summed E-state index contributed by atoms with van der Waals surface area (Å²) in [6.07, 6.45) is 0.641. The van der Waals surface area contributed by atoms with Gasteiger partial charge in [0.05, 0.1) is 6.10 Å². The predicted molar refractivity (Wildman–Crippen MR) is 81.9 cm³/mol. The van der Waals surface area contributed by atoms with Gasteiger partial charge in [0.1, 0.15) is 0 Å². The summed E-state index contributed by atoms with van der Waals surface area (Å²) < 4.78 is 1.04. The summed E-state index contributed by atoms with van der Waals surface area (Å²) in [6.45, 7) is 2.56. The van der Waals surface area contributed by atoms with Crippen LogP contribution in [0.5, 0.6) is 0 Å². The monoisotopic (exact) mass is 327 g/mol. The lowest BCUT2D eigenvalue weighted by atomic mass is 10.1. The Morgan fingerprint density at radius 3 is 2.84 bits per heavy atom. The van der Waals surface area contributed by atoms with E-state index in [9.17, 15) is 5.11 Å². The van der Waals surface area contributed by atoms with Gasteiger partial charge in [0.25, 0.3) is 0 Å². The van der Waals surface area contributed by atoms with E-state index in [0.29, 0.717) is 6.04 Å². The molecule has 0 bridgehead atoms. The number of nitrogens with zero attached hydrogens (tertiary/aromatic N) is 2. The average molecular weight is 328 g/mol. The molecule has 106 valence electrons. The molecule has 1 aliphatic rings. The van der Waals surface area contributed by atoms with E-state index in [1.54, 1.807) is 0 Å². The Balaban J connectivity index is 2.07. The first-order valence-electron chi connectivity index (χ1n) is 6.56. The minimum absolute atomic E-state index is 0.211. The molecule has 5 heteroatoms. The second-order valence-electron chi connectivity index (χ2n) is 5.59. The molecule has 0 amide bonds. The highest BCUT2D eigenvalue weighted by Gasteiger charge is 2.31. The second kappa shape index (κ2) is 6.22. The number of β-amino-alcohol motifs (C(OH)–C–C–N with tert-alkyl or cyclic N) is 1. The molecule has 0 aliphatic carbocycles. The maximum atomic E-state index is 9.88. The maximum absolute atomic E-state index is 9.88. The van der Waals surface area contributed by atoms with Crippen LogP contribution in [-0.4, -0.2) is 54.2 Å². The topological polar surface area (TPSA) is 52.7 Å². The van der Waals surface area contributed by atoms with Crippen molar-refractivity contribution in [2.45, 2.75) is 25.1 Å². The van der Waals surface area contributed by atoms with Crippen molar-refractivity contribution in [1.29, 1.82) is 0 Å². The van der Waals surface area contributed by atoms with Gasteiger partial charge in [0.15, 0.2) is 0 Å². The van der Waals surface area contributed by atoms with Crippen LogP contribution in [0, 0.1) is 0 Å². The molecule has 2 atom stereocenters. The molecule has 1 heterocycles. The Morgan fingerprint density at radius 2 is 2.21 bits per heavy atom. The molecule has 0 spiro atoms. The van der Waals surface area contributed by atoms with Gasteiger partial charge in [-0.2, -0.15) is 0 Å². The van der Waals surface area contributed by atoms with Crippen LogP contribution in [0.15, 0.2) is 22.7 Å². The predicted octanol–water partition coefficient (Wildman–Crippen LogP) is 1.53. The Hall–Kier alpha value is -0.620. The standard InChI is InChI=1S/C14H22BrN3O/c1-17(2)8-12-6-13(19)9-18(12)7-10-3-4-11(16)5-14(10)15/h3-5,12-13,19H,6-9,16H2,1-2H3. The fourth-order valence-electron chi connectivity index (χ4n) is 2.67. The molecule has 4 nitrogen and oxygen atoms in total. The van der Waals surface area contributed by atoms with Gasteiger partial charge in [-0.3, -0.25) is 4.90 Å². The van der Waals surface area contributed by atoms with Gasteiger partial charge < -0.3 is 15.7 Å². The Kier molecular flexibility index (Phi) is 4.84. The first-order valence-corrected chi connectivity index (χ1v) is 7.35. The summed E-state index contributed by atoms with van der Waals surface area (Å²) in [4.78, 5) is 4.52. The van der Waals surface area contributed by atoms with Crippen LogP contribution < -0.4 is 5.73 Å². The quantitative estimate of drug-likeness (QED) is 0.823. The smallest absolute Gasteiger partial charge is 0.0682 e.